The molecule has 2 heterocycles. The molecule has 18 heavy (non-hydrogen) atoms. The number of amides is 2. The molecule has 2 aliphatic heterocycles. The lowest BCUT2D eigenvalue weighted by Crippen LogP contribution is -2.47. The lowest BCUT2D eigenvalue weighted by atomic mass is 9.96. The highest BCUT2D eigenvalue weighted by molar-refractivity contribution is 5.80. The Labute approximate surface area is 107 Å². The minimum Gasteiger partial charge on any atom is -0.342 e. The second-order valence-corrected chi connectivity index (χ2v) is 5.15. The smallest absolute Gasteiger partial charge is 0.237 e. The number of hydrogen-bond donors (Lipinski definition) is 2. The summed E-state index contributed by atoms with van der Waals surface area (Å²) in [6, 6.07) is 0. The lowest BCUT2D eigenvalue weighted by molar-refractivity contribution is -0.136. The molecule has 2 aliphatic rings. The first-order chi connectivity index (χ1) is 8.70. The minimum atomic E-state index is -0.110. The summed E-state index contributed by atoms with van der Waals surface area (Å²) < 4.78 is 0. The second-order valence-electron chi connectivity index (χ2n) is 5.15. The summed E-state index contributed by atoms with van der Waals surface area (Å²) in [6.45, 7) is 3.96. The molecule has 0 saturated carbocycles. The van der Waals surface area contributed by atoms with Crippen LogP contribution in [0.25, 0.3) is 0 Å². The first kappa shape index (κ1) is 13.3. The molecule has 6 heteroatoms. The number of hydrogen-bond acceptors (Lipinski definition) is 4. The molecular formula is C12H22N4O2. The highest BCUT2D eigenvalue weighted by Crippen LogP contribution is 2.17. The highest BCUT2D eigenvalue weighted by atomic mass is 16.2. The maximum atomic E-state index is 12.1. The van der Waals surface area contributed by atoms with Gasteiger partial charge >= 0.3 is 0 Å². The van der Waals surface area contributed by atoms with Gasteiger partial charge in [0.05, 0.1) is 6.54 Å². The quantitative estimate of drug-likeness (QED) is 0.397. The Kier molecular flexibility index (Phi) is 4.54. The van der Waals surface area contributed by atoms with Crippen molar-refractivity contribution in [2.45, 2.75) is 25.7 Å². The van der Waals surface area contributed by atoms with Gasteiger partial charge in [-0.15, -0.1) is 0 Å². The van der Waals surface area contributed by atoms with E-state index in [1.54, 1.807) is 0 Å². The first-order valence-electron chi connectivity index (χ1n) is 6.71. The third-order valence-corrected chi connectivity index (χ3v) is 3.92. The number of nitrogens with one attached hydrogen (secondary N) is 1. The summed E-state index contributed by atoms with van der Waals surface area (Å²) in [5, 5.41) is 0. The van der Waals surface area contributed by atoms with Gasteiger partial charge in [0, 0.05) is 19.0 Å². The van der Waals surface area contributed by atoms with Gasteiger partial charge in [0.15, 0.2) is 0 Å². The van der Waals surface area contributed by atoms with Crippen LogP contribution < -0.4 is 11.3 Å². The van der Waals surface area contributed by atoms with Crippen molar-refractivity contribution in [3.05, 3.63) is 0 Å². The number of carbonyl (C=O) groups excluding carboxylic acids is 2. The van der Waals surface area contributed by atoms with Crippen molar-refractivity contribution in [2.75, 3.05) is 32.7 Å². The average molecular weight is 254 g/mol. The van der Waals surface area contributed by atoms with Crippen LogP contribution in [0.3, 0.4) is 0 Å². The number of nitrogens with two attached hydrogens (primary N) is 1. The largest absolute Gasteiger partial charge is 0.342 e. The molecule has 3 N–H and O–H groups in total. The molecule has 0 aliphatic carbocycles. The number of nitrogens with zero attached hydrogens (tertiary/aromatic N) is 2. The average Bonchev–Trinajstić information content (AvgIpc) is 2.91. The third kappa shape index (κ3) is 3.20. The van der Waals surface area contributed by atoms with Crippen LogP contribution in [0.2, 0.25) is 0 Å². The van der Waals surface area contributed by atoms with E-state index < -0.39 is 0 Å². The molecule has 2 amide bonds. The molecule has 0 radical (unpaired) electrons. The zero-order valence-electron chi connectivity index (χ0n) is 10.7. The Morgan fingerprint density at radius 3 is 2.28 bits per heavy atom. The fourth-order valence-corrected chi connectivity index (χ4v) is 2.74. The van der Waals surface area contributed by atoms with E-state index in [1.807, 2.05) is 4.90 Å². The molecule has 0 spiro atoms. The highest BCUT2D eigenvalue weighted by Gasteiger charge is 2.27. The molecule has 2 fully saturated rings. The maximum absolute atomic E-state index is 12.1. The summed E-state index contributed by atoms with van der Waals surface area (Å²) in [5.41, 5.74) is 2.19. The molecule has 0 atom stereocenters. The van der Waals surface area contributed by atoms with E-state index in [2.05, 4.69) is 10.3 Å². The zero-order chi connectivity index (χ0) is 13.0. The molecular weight excluding hydrogens is 232 g/mol. The number of likely N-dealkylation sites (tertiary alicyclic amines) is 2. The van der Waals surface area contributed by atoms with Crippen LogP contribution in [0.5, 0.6) is 0 Å². The van der Waals surface area contributed by atoms with Gasteiger partial charge in [-0.05, 0) is 38.8 Å². The topological polar surface area (TPSA) is 78.7 Å². The van der Waals surface area contributed by atoms with Crippen LogP contribution in [0.4, 0.5) is 0 Å². The Morgan fingerprint density at radius 1 is 1.11 bits per heavy atom. The van der Waals surface area contributed by atoms with Gasteiger partial charge in [-0.1, -0.05) is 0 Å². The van der Waals surface area contributed by atoms with Crippen LogP contribution in [0, 0.1) is 5.92 Å². The first-order valence-corrected chi connectivity index (χ1v) is 6.71. The Morgan fingerprint density at radius 2 is 1.72 bits per heavy atom. The monoisotopic (exact) mass is 254 g/mol. The fourth-order valence-electron chi connectivity index (χ4n) is 2.74. The van der Waals surface area contributed by atoms with Gasteiger partial charge in [0.1, 0.15) is 0 Å². The van der Waals surface area contributed by atoms with Gasteiger partial charge in [-0.3, -0.25) is 19.9 Å². The molecule has 2 rings (SSSR count). The standard InChI is InChI=1S/C12H22N4O2/c13-14-12(18)10-3-7-16(8-4-10)11(17)9-15-5-1-2-6-15/h10H,1-9,13H2,(H,14,18). The van der Waals surface area contributed by atoms with Crippen LogP contribution in [-0.2, 0) is 9.59 Å². The lowest BCUT2D eigenvalue weighted by Gasteiger charge is -2.32. The van der Waals surface area contributed by atoms with Gasteiger partial charge in [0.25, 0.3) is 0 Å². The normalized spacial score (nSPS) is 22.2. The summed E-state index contributed by atoms with van der Waals surface area (Å²) in [4.78, 5) is 27.5. The van der Waals surface area contributed by atoms with E-state index in [9.17, 15) is 9.59 Å². The van der Waals surface area contributed by atoms with E-state index >= 15 is 0 Å². The molecule has 0 aromatic rings. The van der Waals surface area contributed by atoms with Crippen LogP contribution in [-0.4, -0.2) is 54.3 Å². The number of piperidine rings is 1. The van der Waals surface area contributed by atoms with Crippen LogP contribution in [0.15, 0.2) is 0 Å². The van der Waals surface area contributed by atoms with Crippen molar-refractivity contribution < 1.29 is 9.59 Å². The zero-order valence-corrected chi connectivity index (χ0v) is 10.7. The van der Waals surface area contributed by atoms with E-state index in [-0.39, 0.29) is 17.7 Å². The minimum absolute atomic E-state index is 0.0363. The third-order valence-electron chi connectivity index (χ3n) is 3.92. The molecule has 0 bridgehead atoms. The Hall–Kier alpha value is -1.14. The SMILES string of the molecule is NNC(=O)C1CCN(C(=O)CN2CCCC2)CC1. The van der Waals surface area contributed by atoms with Gasteiger partial charge in [0.2, 0.25) is 11.8 Å². The van der Waals surface area contributed by atoms with Crippen molar-refractivity contribution in [1.82, 2.24) is 15.2 Å². The maximum Gasteiger partial charge on any atom is 0.237 e. The molecule has 0 aromatic carbocycles. The second kappa shape index (κ2) is 6.15. The van der Waals surface area contributed by atoms with E-state index in [0.29, 0.717) is 19.6 Å². The predicted octanol–water partition coefficient (Wildman–Crippen LogP) is -0.689. The molecule has 6 nitrogen and oxygen atoms in total. The number of rotatable bonds is 3. The predicted molar refractivity (Wildman–Crippen MR) is 67.3 cm³/mol. The molecule has 0 unspecified atom stereocenters. The van der Waals surface area contributed by atoms with Crippen LogP contribution >= 0.6 is 0 Å². The number of hydrazine groups is 1. The van der Waals surface area contributed by atoms with Crippen molar-refractivity contribution in [3.8, 4) is 0 Å². The summed E-state index contributed by atoms with van der Waals surface area (Å²) in [5.74, 6) is 5.17. The summed E-state index contributed by atoms with van der Waals surface area (Å²) in [6.07, 6.45) is 3.83. The Balaban J connectivity index is 1.74. The van der Waals surface area contributed by atoms with Gasteiger partial charge in [-0.25, -0.2) is 5.84 Å². The van der Waals surface area contributed by atoms with Crippen molar-refractivity contribution in [2.24, 2.45) is 11.8 Å². The summed E-state index contributed by atoms with van der Waals surface area (Å²) >= 11 is 0. The van der Waals surface area contributed by atoms with Crippen molar-refractivity contribution >= 4 is 11.8 Å². The molecule has 0 aromatic heterocycles. The molecule has 2 saturated heterocycles. The number of carbonyl (C=O) groups is 2. The van der Waals surface area contributed by atoms with E-state index in [1.165, 1.54) is 12.8 Å². The van der Waals surface area contributed by atoms with E-state index in [4.69, 9.17) is 5.84 Å². The fraction of sp³-hybridized carbons (Fsp3) is 0.833. The van der Waals surface area contributed by atoms with Gasteiger partial charge < -0.3 is 4.90 Å². The van der Waals surface area contributed by atoms with Crippen molar-refractivity contribution in [3.63, 3.8) is 0 Å². The summed E-state index contributed by atoms with van der Waals surface area (Å²) in [7, 11) is 0. The molecule has 102 valence electrons. The van der Waals surface area contributed by atoms with E-state index in [0.717, 1.165) is 25.9 Å². The van der Waals surface area contributed by atoms with Gasteiger partial charge in [-0.2, -0.15) is 0 Å². The Bertz CT molecular complexity index is 307. The van der Waals surface area contributed by atoms with Crippen molar-refractivity contribution in [1.29, 1.82) is 0 Å². The van der Waals surface area contributed by atoms with Crippen LogP contribution in [0.1, 0.15) is 25.7 Å².